The first kappa shape index (κ1) is 25.0. The van der Waals surface area contributed by atoms with Crippen LogP contribution in [0.1, 0.15) is 123 Å². The molecule has 1 rings (SSSR count). The highest BCUT2D eigenvalue weighted by Gasteiger charge is 2.14. The second kappa shape index (κ2) is 16.9. The van der Waals surface area contributed by atoms with Crippen molar-refractivity contribution in [3.8, 4) is 0 Å². The molecule has 164 valence electrons. The van der Waals surface area contributed by atoms with Crippen molar-refractivity contribution in [3.63, 3.8) is 0 Å². The van der Waals surface area contributed by atoms with E-state index in [0.717, 1.165) is 25.8 Å². The van der Waals surface area contributed by atoms with Gasteiger partial charge in [0.15, 0.2) is 0 Å². The number of unbranched alkanes of at least 4 members (excludes halogenated alkanes) is 1. The van der Waals surface area contributed by atoms with Crippen molar-refractivity contribution in [1.29, 1.82) is 0 Å². The van der Waals surface area contributed by atoms with Gasteiger partial charge >= 0.3 is 0 Å². The molecule has 1 saturated carbocycles. The molecule has 1 fully saturated rings. The van der Waals surface area contributed by atoms with Crippen molar-refractivity contribution in [2.24, 2.45) is 5.92 Å². The summed E-state index contributed by atoms with van der Waals surface area (Å²) in [6.07, 6.45) is 19.3. The highest BCUT2D eigenvalue weighted by atomic mass is 16.2. The van der Waals surface area contributed by atoms with Gasteiger partial charge < -0.3 is 10.6 Å². The summed E-state index contributed by atoms with van der Waals surface area (Å²) in [4.78, 5) is 24.4. The number of amides is 2. The van der Waals surface area contributed by atoms with Gasteiger partial charge in [-0.2, -0.15) is 0 Å². The maximum Gasteiger partial charge on any atom is 0.220 e. The van der Waals surface area contributed by atoms with Gasteiger partial charge in [-0.25, -0.2) is 0 Å². The Morgan fingerprint density at radius 3 is 1.89 bits per heavy atom. The van der Waals surface area contributed by atoms with Crippen molar-refractivity contribution >= 4 is 11.8 Å². The van der Waals surface area contributed by atoms with E-state index in [2.05, 4.69) is 24.5 Å². The molecule has 4 heteroatoms. The number of hydrogen-bond donors (Lipinski definition) is 2. The molecule has 28 heavy (non-hydrogen) atoms. The molecule has 0 radical (unpaired) electrons. The molecule has 2 N–H and O–H groups in total. The fraction of sp³-hybridized carbons (Fsp3) is 0.917. The number of rotatable bonds is 10. The summed E-state index contributed by atoms with van der Waals surface area (Å²) in [6, 6.07) is 0.300. The predicted octanol–water partition coefficient (Wildman–Crippen LogP) is 5.89. The lowest BCUT2D eigenvalue weighted by atomic mass is 9.98. The number of carbonyl (C=O) groups excluding carboxylic acids is 2. The molecule has 4 nitrogen and oxygen atoms in total. The molecule has 1 atom stereocenters. The Morgan fingerprint density at radius 2 is 1.36 bits per heavy atom. The number of hydrogen-bond acceptors (Lipinski definition) is 2. The van der Waals surface area contributed by atoms with E-state index in [-0.39, 0.29) is 11.8 Å². The molecule has 0 spiro atoms. The third-order valence-electron chi connectivity index (χ3n) is 6.18. The van der Waals surface area contributed by atoms with Crippen molar-refractivity contribution in [3.05, 3.63) is 0 Å². The maximum atomic E-state index is 12.3. The minimum Gasteiger partial charge on any atom is -0.356 e. The zero-order chi connectivity index (χ0) is 20.5. The second-order valence-electron chi connectivity index (χ2n) is 8.74. The SMILES string of the molecule is CCCCC(CC)CNC(=O)CCC(=O)NC1CCCCCCCCCCC1. The Bertz CT molecular complexity index is 399. The molecular weight excluding hydrogens is 348 g/mol. The number of nitrogens with one attached hydrogen (secondary N) is 2. The van der Waals surface area contributed by atoms with Crippen molar-refractivity contribution in [2.45, 2.75) is 129 Å². The summed E-state index contributed by atoms with van der Waals surface area (Å²) in [7, 11) is 0. The van der Waals surface area contributed by atoms with Crippen LogP contribution in [0.15, 0.2) is 0 Å². The van der Waals surface area contributed by atoms with Gasteiger partial charge in [-0.3, -0.25) is 9.59 Å². The van der Waals surface area contributed by atoms with Crippen LogP contribution >= 0.6 is 0 Å². The van der Waals surface area contributed by atoms with Crippen molar-refractivity contribution in [2.75, 3.05) is 6.54 Å². The molecule has 1 unspecified atom stereocenters. The molecule has 1 aliphatic carbocycles. The van der Waals surface area contributed by atoms with Crippen molar-refractivity contribution in [1.82, 2.24) is 10.6 Å². The molecule has 0 aromatic rings. The van der Waals surface area contributed by atoms with Gasteiger partial charge in [0, 0.05) is 25.4 Å². The zero-order valence-corrected chi connectivity index (χ0v) is 18.7. The average molecular weight is 395 g/mol. The van der Waals surface area contributed by atoms with E-state index in [1.807, 2.05) is 0 Å². The Kier molecular flexibility index (Phi) is 15.0. The quantitative estimate of drug-likeness (QED) is 0.485. The third kappa shape index (κ3) is 13.2. The summed E-state index contributed by atoms with van der Waals surface area (Å²) < 4.78 is 0. The van der Waals surface area contributed by atoms with Crippen LogP contribution in [0, 0.1) is 5.92 Å². The Balaban J connectivity index is 2.25. The molecule has 1 aliphatic rings. The van der Waals surface area contributed by atoms with E-state index < -0.39 is 0 Å². The lowest BCUT2D eigenvalue weighted by molar-refractivity contribution is -0.127. The first-order chi connectivity index (χ1) is 13.7. The van der Waals surface area contributed by atoms with Gasteiger partial charge in [-0.05, 0) is 25.2 Å². The minimum atomic E-state index is 0.0174. The molecule has 0 aromatic carbocycles. The Hall–Kier alpha value is -1.06. The minimum absolute atomic E-state index is 0.0174. The standard InChI is InChI=1S/C24H46N2O2/c1-3-5-15-21(4-2)20-25-23(27)18-19-24(28)26-22-16-13-11-9-7-6-8-10-12-14-17-22/h21-22H,3-20H2,1-2H3,(H,25,27)(H,26,28). The molecule has 0 aromatic heterocycles. The van der Waals surface area contributed by atoms with Gasteiger partial charge in [0.25, 0.3) is 0 Å². The first-order valence-electron chi connectivity index (χ1n) is 12.2. The smallest absolute Gasteiger partial charge is 0.220 e. The van der Waals surface area contributed by atoms with Gasteiger partial charge in [-0.15, -0.1) is 0 Å². The average Bonchev–Trinajstić information content (AvgIpc) is 2.68. The molecular formula is C24H46N2O2. The van der Waals surface area contributed by atoms with Gasteiger partial charge in [0.2, 0.25) is 11.8 Å². The van der Waals surface area contributed by atoms with Crippen LogP contribution in [0.3, 0.4) is 0 Å². The van der Waals surface area contributed by atoms with Crippen LogP contribution in [-0.4, -0.2) is 24.4 Å². The lowest BCUT2D eigenvalue weighted by Gasteiger charge is -2.20. The van der Waals surface area contributed by atoms with E-state index in [9.17, 15) is 9.59 Å². The summed E-state index contributed by atoms with van der Waals surface area (Å²) in [6.45, 7) is 5.13. The van der Waals surface area contributed by atoms with E-state index in [1.54, 1.807) is 0 Å². The molecule has 2 amide bonds. The summed E-state index contributed by atoms with van der Waals surface area (Å²) in [5, 5.41) is 6.24. The van der Waals surface area contributed by atoms with Crippen LogP contribution < -0.4 is 10.6 Å². The number of carbonyl (C=O) groups is 2. The fourth-order valence-electron chi connectivity index (χ4n) is 4.12. The largest absolute Gasteiger partial charge is 0.356 e. The van der Waals surface area contributed by atoms with Crippen LogP contribution in [0.5, 0.6) is 0 Å². The highest BCUT2D eigenvalue weighted by Crippen LogP contribution is 2.17. The fourth-order valence-corrected chi connectivity index (χ4v) is 4.12. The van der Waals surface area contributed by atoms with Crippen LogP contribution in [0.25, 0.3) is 0 Å². The summed E-state index contributed by atoms with van der Waals surface area (Å²) in [5.41, 5.74) is 0. The third-order valence-corrected chi connectivity index (χ3v) is 6.18. The molecule has 0 saturated heterocycles. The van der Waals surface area contributed by atoms with Crippen LogP contribution in [0.2, 0.25) is 0 Å². The molecule has 0 heterocycles. The van der Waals surface area contributed by atoms with Gasteiger partial charge in [0.05, 0.1) is 0 Å². The first-order valence-corrected chi connectivity index (χ1v) is 12.2. The Morgan fingerprint density at radius 1 is 0.821 bits per heavy atom. The molecule has 0 bridgehead atoms. The van der Waals surface area contributed by atoms with E-state index >= 15 is 0 Å². The topological polar surface area (TPSA) is 58.2 Å². The Labute approximate surface area is 174 Å². The lowest BCUT2D eigenvalue weighted by Crippen LogP contribution is -2.36. The molecule has 0 aliphatic heterocycles. The van der Waals surface area contributed by atoms with Crippen LogP contribution in [-0.2, 0) is 9.59 Å². The van der Waals surface area contributed by atoms with E-state index in [4.69, 9.17) is 0 Å². The maximum absolute atomic E-state index is 12.3. The summed E-state index contributed by atoms with van der Waals surface area (Å²) >= 11 is 0. The normalized spacial score (nSPS) is 18.5. The van der Waals surface area contributed by atoms with Crippen molar-refractivity contribution < 1.29 is 9.59 Å². The van der Waals surface area contributed by atoms with E-state index in [1.165, 1.54) is 77.0 Å². The highest BCUT2D eigenvalue weighted by molar-refractivity contribution is 5.83. The van der Waals surface area contributed by atoms with Gasteiger partial charge in [-0.1, -0.05) is 90.9 Å². The zero-order valence-electron chi connectivity index (χ0n) is 18.7. The van der Waals surface area contributed by atoms with Gasteiger partial charge in [0.1, 0.15) is 0 Å². The monoisotopic (exact) mass is 394 g/mol. The summed E-state index contributed by atoms with van der Waals surface area (Å²) in [5.74, 6) is 0.628. The predicted molar refractivity (Wildman–Crippen MR) is 118 cm³/mol. The second-order valence-corrected chi connectivity index (χ2v) is 8.74. The van der Waals surface area contributed by atoms with Crippen LogP contribution in [0.4, 0.5) is 0 Å². The van der Waals surface area contributed by atoms with E-state index in [0.29, 0.717) is 24.8 Å².